The van der Waals surface area contributed by atoms with Gasteiger partial charge in [-0.05, 0) is 17.4 Å². The molecular formula is C15H16O3. The van der Waals surface area contributed by atoms with Crippen LogP contribution in [0.4, 0.5) is 0 Å². The summed E-state index contributed by atoms with van der Waals surface area (Å²) in [4.78, 5) is 12.0. The molecule has 0 bridgehead atoms. The van der Waals surface area contributed by atoms with Gasteiger partial charge in [-0.25, -0.2) is 0 Å². The predicted octanol–water partition coefficient (Wildman–Crippen LogP) is 3.48. The van der Waals surface area contributed by atoms with E-state index in [9.17, 15) is 15.0 Å². The van der Waals surface area contributed by atoms with Crippen LogP contribution in [0.2, 0.25) is 0 Å². The molecule has 0 unspecified atom stereocenters. The number of carbonyl (C=O) groups is 1. The van der Waals surface area contributed by atoms with Crippen LogP contribution < -0.4 is 0 Å². The van der Waals surface area contributed by atoms with E-state index in [2.05, 4.69) is 0 Å². The van der Waals surface area contributed by atoms with E-state index in [0.717, 1.165) is 5.39 Å². The fourth-order valence-corrected chi connectivity index (χ4v) is 2.01. The van der Waals surface area contributed by atoms with Crippen LogP contribution in [0.25, 0.3) is 10.8 Å². The zero-order chi connectivity index (χ0) is 13.3. The second kappa shape index (κ2) is 4.69. The Hall–Kier alpha value is -2.03. The molecule has 2 N–H and O–H groups in total. The lowest BCUT2D eigenvalue weighted by atomic mass is 9.97. The van der Waals surface area contributed by atoms with Crippen LogP contribution in [0.1, 0.15) is 30.6 Å². The lowest BCUT2D eigenvalue weighted by Crippen LogP contribution is -2.04. The molecule has 18 heavy (non-hydrogen) atoms. The summed E-state index contributed by atoms with van der Waals surface area (Å²) in [6, 6.07) is 8.75. The standard InChI is InChI=1S/C15H16O3/c1-9(2)7-13(16)12-8-10-5-3-4-6-11(10)14(17)15(12)18/h3-6,8-9,17-18H,7H2,1-2H3. The average Bonchev–Trinajstić information content (AvgIpc) is 2.33. The van der Waals surface area contributed by atoms with Gasteiger partial charge in [-0.1, -0.05) is 38.1 Å². The van der Waals surface area contributed by atoms with Gasteiger partial charge in [0.05, 0.1) is 5.56 Å². The Morgan fingerprint density at radius 2 is 1.83 bits per heavy atom. The summed E-state index contributed by atoms with van der Waals surface area (Å²) in [6.45, 7) is 3.88. The molecule has 3 nitrogen and oxygen atoms in total. The van der Waals surface area contributed by atoms with E-state index in [1.165, 1.54) is 0 Å². The number of carbonyl (C=O) groups excluding carboxylic acids is 1. The van der Waals surface area contributed by atoms with Gasteiger partial charge in [-0.2, -0.15) is 0 Å². The predicted molar refractivity (Wildman–Crippen MR) is 71.1 cm³/mol. The number of Topliss-reactive ketones (excluding diaryl/α,β-unsaturated/α-hetero) is 1. The first-order chi connectivity index (χ1) is 8.50. The van der Waals surface area contributed by atoms with Gasteiger partial charge in [0.2, 0.25) is 0 Å². The zero-order valence-corrected chi connectivity index (χ0v) is 10.5. The van der Waals surface area contributed by atoms with Crippen molar-refractivity contribution in [1.29, 1.82) is 0 Å². The maximum atomic E-state index is 12.0. The van der Waals surface area contributed by atoms with Gasteiger partial charge >= 0.3 is 0 Å². The molecule has 0 aliphatic rings. The Morgan fingerprint density at radius 1 is 1.17 bits per heavy atom. The van der Waals surface area contributed by atoms with E-state index in [0.29, 0.717) is 11.8 Å². The molecule has 0 spiro atoms. The molecular weight excluding hydrogens is 228 g/mol. The Bertz CT molecular complexity index is 600. The summed E-state index contributed by atoms with van der Waals surface area (Å²) in [7, 11) is 0. The second-order valence-electron chi connectivity index (χ2n) is 4.86. The van der Waals surface area contributed by atoms with Gasteiger partial charge in [0.15, 0.2) is 17.3 Å². The van der Waals surface area contributed by atoms with Gasteiger partial charge < -0.3 is 10.2 Å². The first-order valence-corrected chi connectivity index (χ1v) is 5.97. The van der Waals surface area contributed by atoms with Gasteiger partial charge in [-0.15, -0.1) is 0 Å². The molecule has 0 aliphatic heterocycles. The number of ketones is 1. The third-order valence-corrected chi connectivity index (χ3v) is 2.89. The van der Waals surface area contributed by atoms with Gasteiger partial charge in [0.1, 0.15) is 0 Å². The molecule has 0 aromatic heterocycles. The van der Waals surface area contributed by atoms with Gasteiger partial charge in [0.25, 0.3) is 0 Å². The van der Waals surface area contributed by atoms with E-state index in [1.54, 1.807) is 24.3 Å². The van der Waals surface area contributed by atoms with Gasteiger partial charge in [0, 0.05) is 11.8 Å². The Labute approximate surface area is 106 Å². The lowest BCUT2D eigenvalue weighted by molar-refractivity contribution is 0.0965. The number of hydrogen-bond donors (Lipinski definition) is 2. The van der Waals surface area contributed by atoms with Crippen LogP contribution in [0.5, 0.6) is 11.5 Å². The van der Waals surface area contributed by atoms with E-state index >= 15 is 0 Å². The largest absolute Gasteiger partial charge is 0.504 e. The van der Waals surface area contributed by atoms with E-state index in [-0.39, 0.29) is 28.8 Å². The van der Waals surface area contributed by atoms with E-state index in [1.807, 2.05) is 19.9 Å². The first kappa shape index (κ1) is 12.4. The SMILES string of the molecule is CC(C)CC(=O)c1cc2ccccc2c(O)c1O. The molecule has 0 radical (unpaired) electrons. The number of benzene rings is 2. The highest BCUT2D eigenvalue weighted by Crippen LogP contribution is 2.37. The molecule has 0 amide bonds. The number of hydrogen-bond acceptors (Lipinski definition) is 3. The number of rotatable bonds is 3. The van der Waals surface area contributed by atoms with Crippen molar-refractivity contribution in [2.24, 2.45) is 5.92 Å². The van der Waals surface area contributed by atoms with Crippen molar-refractivity contribution in [3.05, 3.63) is 35.9 Å². The summed E-state index contributed by atoms with van der Waals surface area (Å²) in [5, 5.41) is 21.1. The maximum absolute atomic E-state index is 12.0. The molecule has 0 saturated carbocycles. The summed E-state index contributed by atoms with van der Waals surface area (Å²) in [5.41, 5.74) is 0.194. The topological polar surface area (TPSA) is 57.5 Å². The molecule has 94 valence electrons. The highest BCUT2D eigenvalue weighted by molar-refractivity contribution is 6.05. The summed E-state index contributed by atoms with van der Waals surface area (Å²) < 4.78 is 0. The second-order valence-corrected chi connectivity index (χ2v) is 4.86. The monoisotopic (exact) mass is 244 g/mol. The van der Waals surface area contributed by atoms with Crippen LogP contribution >= 0.6 is 0 Å². The molecule has 3 heteroatoms. The normalized spacial score (nSPS) is 11.1. The number of phenols is 2. The number of phenolic OH excluding ortho intramolecular Hbond substituents is 2. The fourth-order valence-electron chi connectivity index (χ4n) is 2.01. The van der Waals surface area contributed by atoms with E-state index < -0.39 is 0 Å². The summed E-state index contributed by atoms with van der Waals surface area (Å²) in [5.74, 6) is -0.478. The maximum Gasteiger partial charge on any atom is 0.169 e. The van der Waals surface area contributed by atoms with Crippen LogP contribution in [-0.4, -0.2) is 16.0 Å². The van der Waals surface area contributed by atoms with E-state index in [4.69, 9.17) is 0 Å². The van der Waals surface area contributed by atoms with Crippen LogP contribution in [-0.2, 0) is 0 Å². The van der Waals surface area contributed by atoms with Crippen LogP contribution in [0, 0.1) is 5.92 Å². The lowest BCUT2D eigenvalue weighted by Gasteiger charge is -2.10. The minimum absolute atomic E-state index is 0.149. The quantitative estimate of drug-likeness (QED) is 0.642. The highest BCUT2D eigenvalue weighted by atomic mass is 16.3. The molecule has 0 saturated heterocycles. The van der Waals surface area contributed by atoms with Crippen molar-refractivity contribution >= 4 is 16.6 Å². The number of fused-ring (bicyclic) bond motifs is 1. The van der Waals surface area contributed by atoms with Crippen molar-refractivity contribution < 1.29 is 15.0 Å². The molecule has 2 rings (SSSR count). The summed E-state index contributed by atoms with van der Waals surface area (Å²) in [6.07, 6.45) is 0.353. The third-order valence-electron chi connectivity index (χ3n) is 2.89. The molecule has 2 aromatic rings. The smallest absolute Gasteiger partial charge is 0.169 e. The number of aromatic hydroxyl groups is 2. The molecule has 2 aromatic carbocycles. The minimum atomic E-state index is -0.320. The average molecular weight is 244 g/mol. The zero-order valence-electron chi connectivity index (χ0n) is 10.5. The Kier molecular flexibility index (Phi) is 3.24. The van der Waals surface area contributed by atoms with Crippen molar-refractivity contribution in [2.45, 2.75) is 20.3 Å². The van der Waals surface area contributed by atoms with Crippen molar-refractivity contribution in [3.8, 4) is 11.5 Å². The highest BCUT2D eigenvalue weighted by Gasteiger charge is 2.18. The first-order valence-electron chi connectivity index (χ1n) is 5.97. The van der Waals surface area contributed by atoms with Crippen molar-refractivity contribution in [1.82, 2.24) is 0 Å². The summed E-state index contributed by atoms with van der Waals surface area (Å²) >= 11 is 0. The molecule has 0 atom stereocenters. The molecule has 0 heterocycles. The molecule has 0 aliphatic carbocycles. The Morgan fingerprint density at radius 3 is 2.50 bits per heavy atom. The Balaban J connectivity index is 2.58. The van der Waals surface area contributed by atoms with Crippen molar-refractivity contribution in [2.75, 3.05) is 0 Å². The van der Waals surface area contributed by atoms with Crippen molar-refractivity contribution in [3.63, 3.8) is 0 Å². The van der Waals surface area contributed by atoms with Gasteiger partial charge in [-0.3, -0.25) is 4.79 Å². The van der Waals surface area contributed by atoms with Crippen LogP contribution in [0.15, 0.2) is 30.3 Å². The molecule has 0 fully saturated rings. The fraction of sp³-hybridized carbons (Fsp3) is 0.267. The van der Waals surface area contributed by atoms with Crippen LogP contribution in [0.3, 0.4) is 0 Å². The third kappa shape index (κ3) is 2.16. The minimum Gasteiger partial charge on any atom is -0.504 e.